The number of amides is 1. The minimum absolute atomic E-state index is 0.131. The molecule has 0 aliphatic carbocycles. The van der Waals surface area contributed by atoms with Gasteiger partial charge in [-0.3, -0.25) is 9.59 Å². The van der Waals surface area contributed by atoms with Gasteiger partial charge in [0.25, 0.3) is 11.5 Å². The molecule has 0 unspecified atom stereocenters. The van der Waals surface area contributed by atoms with E-state index >= 15 is 0 Å². The molecule has 0 bridgehead atoms. The van der Waals surface area contributed by atoms with Gasteiger partial charge >= 0.3 is 0 Å². The molecule has 122 valence electrons. The van der Waals surface area contributed by atoms with E-state index in [1.165, 1.54) is 21.7 Å². The molecule has 0 saturated carbocycles. The zero-order valence-corrected chi connectivity index (χ0v) is 14.0. The predicted molar refractivity (Wildman–Crippen MR) is 89.1 cm³/mol. The molecule has 1 aliphatic heterocycles. The van der Waals surface area contributed by atoms with Gasteiger partial charge in [0.2, 0.25) is 0 Å². The van der Waals surface area contributed by atoms with Gasteiger partial charge in [-0.1, -0.05) is 6.92 Å². The Morgan fingerprint density at radius 1 is 1.26 bits per heavy atom. The molecule has 3 rings (SSSR count). The summed E-state index contributed by atoms with van der Waals surface area (Å²) in [5.74, 6) is -0.131. The summed E-state index contributed by atoms with van der Waals surface area (Å²) in [4.78, 5) is 33.5. The van der Waals surface area contributed by atoms with E-state index in [1.807, 2.05) is 6.20 Å². The summed E-state index contributed by atoms with van der Waals surface area (Å²) in [5, 5.41) is 5.05. The standard InChI is InChI=1S/C15H19N5O2S/c1-3-11-10-16-15(23-11)20-8-6-19(7-9-20)14(22)12-4-5-13(21)18(2)17-12/h4-5,10H,3,6-9H2,1-2H3. The van der Waals surface area contributed by atoms with Crippen LogP contribution >= 0.6 is 11.3 Å². The summed E-state index contributed by atoms with van der Waals surface area (Å²) < 4.78 is 1.19. The molecule has 0 atom stereocenters. The molecule has 8 heteroatoms. The topological polar surface area (TPSA) is 71.3 Å². The normalized spacial score (nSPS) is 15.0. The Balaban J connectivity index is 1.65. The van der Waals surface area contributed by atoms with Gasteiger partial charge in [0.05, 0.1) is 0 Å². The van der Waals surface area contributed by atoms with Crippen molar-refractivity contribution in [3.8, 4) is 0 Å². The van der Waals surface area contributed by atoms with E-state index in [2.05, 4.69) is 21.9 Å². The number of hydrogen-bond acceptors (Lipinski definition) is 6. The first-order valence-corrected chi connectivity index (χ1v) is 8.43. The minimum Gasteiger partial charge on any atom is -0.345 e. The van der Waals surface area contributed by atoms with Crippen LogP contribution in [0.25, 0.3) is 0 Å². The number of hydrogen-bond donors (Lipinski definition) is 0. The van der Waals surface area contributed by atoms with Gasteiger partial charge in [-0.25, -0.2) is 9.67 Å². The number of aromatic nitrogens is 3. The Hall–Kier alpha value is -2.22. The van der Waals surface area contributed by atoms with Crippen molar-refractivity contribution in [3.63, 3.8) is 0 Å². The second-order valence-electron chi connectivity index (χ2n) is 5.42. The van der Waals surface area contributed by atoms with Crippen molar-refractivity contribution >= 4 is 22.4 Å². The fraction of sp³-hybridized carbons (Fsp3) is 0.467. The summed E-state index contributed by atoms with van der Waals surface area (Å²) >= 11 is 1.71. The molecule has 0 aromatic carbocycles. The van der Waals surface area contributed by atoms with Crippen LogP contribution in [0.2, 0.25) is 0 Å². The highest BCUT2D eigenvalue weighted by Crippen LogP contribution is 2.24. The van der Waals surface area contributed by atoms with Crippen molar-refractivity contribution in [2.24, 2.45) is 7.05 Å². The van der Waals surface area contributed by atoms with E-state index in [4.69, 9.17) is 0 Å². The average Bonchev–Trinajstić information content (AvgIpc) is 3.06. The molecule has 1 fully saturated rings. The van der Waals surface area contributed by atoms with Crippen LogP contribution in [0.1, 0.15) is 22.3 Å². The van der Waals surface area contributed by atoms with Crippen LogP contribution in [0.3, 0.4) is 0 Å². The molecule has 3 heterocycles. The lowest BCUT2D eigenvalue weighted by molar-refractivity contribution is 0.0738. The lowest BCUT2D eigenvalue weighted by Crippen LogP contribution is -2.49. The van der Waals surface area contributed by atoms with Crippen LogP contribution in [0, 0.1) is 0 Å². The summed E-state index contributed by atoms with van der Waals surface area (Å²) in [6.07, 6.45) is 2.92. The number of rotatable bonds is 3. The number of carbonyl (C=O) groups excluding carboxylic acids is 1. The molecule has 2 aromatic rings. The zero-order valence-electron chi connectivity index (χ0n) is 13.2. The maximum atomic E-state index is 12.5. The Morgan fingerprint density at radius 2 is 2.00 bits per heavy atom. The van der Waals surface area contributed by atoms with Gasteiger partial charge in [0.1, 0.15) is 5.69 Å². The van der Waals surface area contributed by atoms with Crippen molar-refractivity contribution in [1.29, 1.82) is 0 Å². The summed E-state index contributed by atoms with van der Waals surface area (Å²) in [6, 6.07) is 2.86. The predicted octanol–water partition coefficient (Wildman–Crippen LogP) is 0.762. The SMILES string of the molecule is CCc1cnc(N2CCN(C(=O)c3ccc(=O)n(C)n3)CC2)s1. The monoisotopic (exact) mass is 333 g/mol. The number of anilines is 1. The van der Waals surface area contributed by atoms with Crippen molar-refractivity contribution < 1.29 is 4.79 Å². The fourth-order valence-electron chi connectivity index (χ4n) is 2.49. The molecular formula is C15H19N5O2S. The summed E-state index contributed by atoms with van der Waals surface area (Å²) in [5.41, 5.74) is 0.0879. The molecule has 0 N–H and O–H groups in total. The number of nitrogens with zero attached hydrogens (tertiary/aromatic N) is 5. The van der Waals surface area contributed by atoms with E-state index in [0.29, 0.717) is 18.8 Å². The highest BCUT2D eigenvalue weighted by atomic mass is 32.1. The largest absolute Gasteiger partial charge is 0.345 e. The molecule has 2 aromatic heterocycles. The molecular weight excluding hydrogens is 314 g/mol. The number of carbonyl (C=O) groups is 1. The van der Waals surface area contributed by atoms with Gasteiger partial charge in [0.15, 0.2) is 5.13 Å². The van der Waals surface area contributed by atoms with Crippen molar-refractivity contribution in [2.45, 2.75) is 13.3 Å². The highest BCUT2D eigenvalue weighted by Gasteiger charge is 2.24. The molecule has 1 amide bonds. The lowest BCUT2D eigenvalue weighted by Gasteiger charge is -2.34. The average molecular weight is 333 g/mol. The van der Waals surface area contributed by atoms with Crippen molar-refractivity contribution in [1.82, 2.24) is 19.7 Å². The first-order valence-electron chi connectivity index (χ1n) is 7.61. The van der Waals surface area contributed by atoms with Crippen LogP contribution < -0.4 is 10.5 Å². The maximum absolute atomic E-state index is 12.5. The zero-order chi connectivity index (χ0) is 16.4. The van der Waals surface area contributed by atoms with Crippen LogP contribution in [-0.2, 0) is 13.5 Å². The van der Waals surface area contributed by atoms with E-state index in [0.717, 1.165) is 24.6 Å². The van der Waals surface area contributed by atoms with Crippen molar-refractivity contribution in [3.05, 3.63) is 39.3 Å². The van der Waals surface area contributed by atoms with Crippen LogP contribution in [0.5, 0.6) is 0 Å². The van der Waals surface area contributed by atoms with E-state index in [1.54, 1.807) is 23.3 Å². The molecule has 1 aliphatic rings. The third kappa shape index (κ3) is 3.26. The highest BCUT2D eigenvalue weighted by molar-refractivity contribution is 7.15. The third-order valence-electron chi connectivity index (χ3n) is 3.91. The molecule has 1 saturated heterocycles. The van der Waals surface area contributed by atoms with E-state index in [9.17, 15) is 9.59 Å². The van der Waals surface area contributed by atoms with Crippen LogP contribution in [-0.4, -0.2) is 51.8 Å². The third-order valence-corrected chi connectivity index (χ3v) is 5.11. The molecule has 0 spiro atoms. The van der Waals surface area contributed by atoms with Gasteiger partial charge in [-0.05, 0) is 12.5 Å². The fourth-order valence-corrected chi connectivity index (χ4v) is 3.39. The first kappa shape index (κ1) is 15.7. The van der Waals surface area contributed by atoms with Gasteiger partial charge in [-0.15, -0.1) is 11.3 Å². The Labute approximate surface area is 138 Å². The maximum Gasteiger partial charge on any atom is 0.274 e. The minimum atomic E-state index is -0.220. The summed E-state index contributed by atoms with van der Waals surface area (Å²) in [6.45, 7) is 4.89. The van der Waals surface area contributed by atoms with Crippen molar-refractivity contribution in [2.75, 3.05) is 31.1 Å². The molecule has 23 heavy (non-hydrogen) atoms. The second-order valence-corrected chi connectivity index (χ2v) is 6.52. The van der Waals surface area contributed by atoms with E-state index in [-0.39, 0.29) is 11.5 Å². The quantitative estimate of drug-likeness (QED) is 0.829. The summed E-state index contributed by atoms with van der Waals surface area (Å²) in [7, 11) is 1.55. The Kier molecular flexibility index (Phi) is 4.42. The van der Waals surface area contributed by atoms with Crippen LogP contribution in [0.4, 0.5) is 5.13 Å². The van der Waals surface area contributed by atoms with Gasteiger partial charge in [-0.2, -0.15) is 5.10 Å². The Bertz CT molecular complexity index is 761. The molecule has 7 nitrogen and oxygen atoms in total. The number of piperazine rings is 1. The lowest BCUT2D eigenvalue weighted by atomic mass is 10.3. The second kappa shape index (κ2) is 6.49. The van der Waals surface area contributed by atoms with Gasteiger partial charge in [0, 0.05) is 50.4 Å². The van der Waals surface area contributed by atoms with E-state index < -0.39 is 0 Å². The first-order chi connectivity index (χ1) is 11.1. The smallest absolute Gasteiger partial charge is 0.274 e. The van der Waals surface area contributed by atoms with Crippen LogP contribution in [0.15, 0.2) is 23.1 Å². The number of thiazole rings is 1. The number of aryl methyl sites for hydroxylation is 2. The molecule has 0 radical (unpaired) electrons. The van der Waals surface area contributed by atoms with Gasteiger partial charge < -0.3 is 9.80 Å². The Morgan fingerprint density at radius 3 is 2.61 bits per heavy atom.